The van der Waals surface area contributed by atoms with Gasteiger partial charge >= 0.3 is 6.61 Å². The lowest BCUT2D eigenvalue weighted by Crippen LogP contribution is -2.41. The van der Waals surface area contributed by atoms with Crippen molar-refractivity contribution in [2.75, 3.05) is 12.4 Å². The van der Waals surface area contributed by atoms with Crippen LogP contribution in [0.4, 0.5) is 25.8 Å². The molecule has 13 heteroatoms. The van der Waals surface area contributed by atoms with Crippen LogP contribution in [-0.2, 0) is 9.59 Å². The Hall–Kier alpha value is -3.74. The summed E-state index contributed by atoms with van der Waals surface area (Å²) in [4.78, 5) is 43.0. The molecule has 1 heterocycles. The van der Waals surface area contributed by atoms with Crippen LogP contribution in [0.1, 0.15) is 33.1 Å². The first-order chi connectivity index (χ1) is 17.7. The van der Waals surface area contributed by atoms with Gasteiger partial charge in [-0.05, 0) is 49.2 Å². The summed E-state index contributed by atoms with van der Waals surface area (Å²) in [5.41, 5.74) is 0.0770. The fourth-order valence-corrected chi connectivity index (χ4v) is 4.97. The molecule has 1 fully saturated rings. The van der Waals surface area contributed by atoms with E-state index in [-0.39, 0.29) is 41.2 Å². The quantitative estimate of drug-likeness (QED) is 0.303. The Kier molecular flexibility index (Phi) is 9.39. The van der Waals surface area contributed by atoms with Gasteiger partial charge in [0.05, 0.1) is 23.8 Å². The second-order valence-corrected chi connectivity index (χ2v) is 9.11. The van der Waals surface area contributed by atoms with Gasteiger partial charge in [0, 0.05) is 12.5 Å². The monoisotopic (exact) mass is 536 g/mol. The van der Waals surface area contributed by atoms with Crippen molar-refractivity contribution in [3.8, 4) is 11.5 Å². The van der Waals surface area contributed by atoms with E-state index in [4.69, 9.17) is 4.74 Å². The highest BCUT2D eigenvalue weighted by atomic mass is 32.2. The largest absolute Gasteiger partial charge is 0.496 e. The van der Waals surface area contributed by atoms with Crippen LogP contribution >= 0.6 is 11.8 Å². The molecular formula is C24H26F2N4O6S. The average molecular weight is 537 g/mol. The van der Waals surface area contributed by atoms with Crippen molar-refractivity contribution in [3.63, 3.8) is 0 Å². The number of nitrogens with zero attached hydrogens (tertiary/aromatic N) is 3. The summed E-state index contributed by atoms with van der Waals surface area (Å²) in [6.07, 6.45) is 1.07. The zero-order chi connectivity index (χ0) is 27.1. The molecule has 0 bridgehead atoms. The molecule has 1 saturated heterocycles. The summed E-state index contributed by atoms with van der Waals surface area (Å²) in [6.45, 7) is 0.920. The zero-order valence-corrected chi connectivity index (χ0v) is 21.2. The Morgan fingerprint density at radius 3 is 2.41 bits per heavy atom. The van der Waals surface area contributed by atoms with Crippen LogP contribution in [0, 0.1) is 10.1 Å². The smallest absolute Gasteiger partial charge is 0.387 e. The van der Waals surface area contributed by atoms with Crippen LogP contribution in [0.2, 0.25) is 0 Å². The van der Waals surface area contributed by atoms with Crippen molar-refractivity contribution in [1.82, 2.24) is 4.90 Å². The number of carbonyl (C=O) groups is 2. The van der Waals surface area contributed by atoms with Crippen LogP contribution < -0.4 is 14.8 Å². The molecule has 1 aliphatic rings. The predicted molar refractivity (Wildman–Crippen MR) is 136 cm³/mol. The molecule has 2 aromatic carbocycles. The molecule has 37 heavy (non-hydrogen) atoms. The number of methoxy groups -OCH3 is 1. The number of amides is 2. The fourth-order valence-electron chi connectivity index (χ4n) is 3.76. The molecule has 0 radical (unpaired) electrons. The molecular weight excluding hydrogens is 510 g/mol. The number of nitro benzene ring substituents is 1. The minimum Gasteiger partial charge on any atom is -0.496 e. The van der Waals surface area contributed by atoms with Gasteiger partial charge in [-0.15, -0.1) is 0 Å². The first kappa shape index (κ1) is 27.8. The minimum absolute atomic E-state index is 0.0110. The molecule has 2 amide bonds. The highest BCUT2D eigenvalue weighted by molar-refractivity contribution is 8.15. The molecule has 0 aromatic heterocycles. The molecule has 1 aliphatic heterocycles. The normalized spacial score (nSPS) is 16.5. The number of amidine groups is 1. The lowest BCUT2D eigenvalue weighted by molar-refractivity contribution is -0.384. The highest BCUT2D eigenvalue weighted by Crippen LogP contribution is 2.35. The van der Waals surface area contributed by atoms with Gasteiger partial charge in [0.2, 0.25) is 11.8 Å². The van der Waals surface area contributed by atoms with Gasteiger partial charge < -0.3 is 14.8 Å². The summed E-state index contributed by atoms with van der Waals surface area (Å²) in [5.74, 6) is -0.623. The predicted octanol–water partition coefficient (Wildman–Crippen LogP) is 5.35. The maximum Gasteiger partial charge on any atom is 0.387 e. The van der Waals surface area contributed by atoms with Crippen LogP contribution in [0.15, 0.2) is 47.5 Å². The van der Waals surface area contributed by atoms with Crippen LogP contribution in [0.5, 0.6) is 11.5 Å². The molecule has 198 valence electrons. The van der Waals surface area contributed by atoms with E-state index in [1.54, 1.807) is 4.90 Å². The lowest BCUT2D eigenvalue weighted by Gasteiger charge is -2.25. The summed E-state index contributed by atoms with van der Waals surface area (Å²) in [7, 11) is 1.37. The Morgan fingerprint density at radius 2 is 1.84 bits per heavy atom. The van der Waals surface area contributed by atoms with Crippen molar-refractivity contribution in [2.45, 2.75) is 51.0 Å². The van der Waals surface area contributed by atoms with Crippen molar-refractivity contribution >= 4 is 45.8 Å². The molecule has 0 unspecified atom stereocenters. The first-order valence-electron chi connectivity index (χ1n) is 11.4. The number of rotatable bonds is 11. The van der Waals surface area contributed by atoms with E-state index in [1.165, 1.54) is 49.6 Å². The number of nitro groups is 1. The number of thioether (sulfide) groups is 1. The number of carbonyl (C=O) groups excluding carboxylic acids is 2. The van der Waals surface area contributed by atoms with Crippen LogP contribution in [0.3, 0.4) is 0 Å². The number of nitrogens with one attached hydrogen (secondary N) is 1. The number of hydrogen-bond acceptors (Lipinski definition) is 8. The van der Waals surface area contributed by atoms with Gasteiger partial charge in [0.1, 0.15) is 22.4 Å². The Morgan fingerprint density at radius 1 is 1.19 bits per heavy atom. The maximum absolute atomic E-state index is 13.3. The van der Waals surface area contributed by atoms with Gasteiger partial charge in [-0.3, -0.25) is 24.6 Å². The van der Waals surface area contributed by atoms with Crippen molar-refractivity contribution in [3.05, 3.63) is 52.6 Å². The Balaban J connectivity index is 1.81. The van der Waals surface area contributed by atoms with Crippen molar-refractivity contribution in [2.24, 2.45) is 4.99 Å². The minimum atomic E-state index is -2.95. The average Bonchev–Trinajstić information content (AvgIpc) is 3.15. The van der Waals surface area contributed by atoms with E-state index in [0.717, 1.165) is 11.8 Å². The Bertz CT molecular complexity index is 1170. The van der Waals surface area contributed by atoms with Crippen LogP contribution in [-0.4, -0.2) is 51.8 Å². The lowest BCUT2D eigenvalue weighted by atomic mass is 10.1. The number of aliphatic imine (C=N–C) groups is 1. The van der Waals surface area contributed by atoms with E-state index < -0.39 is 22.7 Å². The number of alkyl halides is 2. The van der Waals surface area contributed by atoms with Gasteiger partial charge in [-0.2, -0.15) is 8.78 Å². The van der Waals surface area contributed by atoms with Crippen molar-refractivity contribution < 1.29 is 32.8 Å². The molecule has 3 rings (SSSR count). The standard InChI is InChI=1S/C24H26F2N4O6S/c1-4-15(5-2)29-22(32)20(37-24(29)27-14-6-8-16(9-7-14)36-23(25)26)13-21(31)28-18-11-10-17(35-3)12-19(18)30(33)34/h6-12,15,20,23H,4-5,13H2,1-3H3,(H,28,31)/t20-/m1/s1. The number of halogens is 2. The third-order valence-electron chi connectivity index (χ3n) is 5.61. The van der Waals surface area contributed by atoms with Gasteiger partial charge in [-0.1, -0.05) is 25.6 Å². The third-order valence-corrected chi connectivity index (χ3v) is 6.76. The van der Waals surface area contributed by atoms with E-state index in [0.29, 0.717) is 23.7 Å². The van der Waals surface area contributed by atoms with E-state index in [2.05, 4.69) is 15.0 Å². The van der Waals surface area contributed by atoms with Crippen LogP contribution in [0.25, 0.3) is 0 Å². The number of benzene rings is 2. The topological polar surface area (TPSA) is 123 Å². The molecule has 1 N–H and O–H groups in total. The molecule has 0 aliphatic carbocycles. The summed E-state index contributed by atoms with van der Waals surface area (Å²) < 4.78 is 34.2. The molecule has 0 spiro atoms. The maximum atomic E-state index is 13.3. The summed E-state index contributed by atoms with van der Waals surface area (Å²) >= 11 is 1.11. The zero-order valence-electron chi connectivity index (χ0n) is 20.4. The van der Waals surface area contributed by atoms with Gasteiger partial charge in [0.15, 0.2) is 5.17 Å². The Labute approximate surface area is 216 Å². The summed E-state index contributed by atoms with van der Waals surface area (Å²) in [5, 5.41) is 13.5. The van der Waals surface area contributed by atoms with Gasteiger partial charge in [-0.25, -0.2) is 4.99 Å². The molecule has 1 atom stereocenters. The highest BCUT2D eigenvalue weighted by Gasteiger charge is 2.42. The molecule has 2 aromatic rings. The number of anilines is 1. The number of hydrogen-bond donors (Lipinski definition) is 1. The van der Waals surface area contributed by atoms with E-state index in [1.807, 2.05) is 13.8 Å². The van der Waals surface area contributed by atoms with E-state index >= 15 is 0 Å². The third kappa shape index (κ3) is 6.94. The second-order valence-electron chi connectivity index (χ2n) is 7.94. The molecule has 10 nitrogen and oxygen atoms in total. The second kappa shape index (κ2) is 12.5. The van der Waals surface area contributed by atoms with E-state index in [9.17, 15) is 28.5 Å². The molecule has 0 saturated carbocycles. The fraction of sp³-hybridized carbons (Fsp3) is 0.375. The first-order valence-corrected chi connectivity index (χ1v) is 12.3. The van der Waals surface area contributed by atoms with Gasteiger partial charge in [0.25, 0.3) is 5.69 Å². The summed E-state index contributed by atoms with van der Waals surface area (Å²) in [6, 6.07) is 9.56. The SMILES string of the molecule is CCC(CC)N1C(=O)[C@@H](CC(=O)Nc2ccc(OC)cc2[N+](=O)[O-])SC1=Nc1ccc(OC(F)F)cc1. The van der Waals surface area contributed by atoms with Crippen molar-refractivity contribution in [1.29, 1.82) is 0 Å². The number of ether oxygens (including phenoxy) is 2.